The highest BCUT2D eigenvalue weighted by Gasteiger charge is 2.34. The van der Waals surface area contributed by atoms with Crippen LogP contribution >= 0.6 is 23.7 Å². The summed E-state index contributed by atoms with van der Waals surface area (Å²) in [6.07, 6.45) is 3.08. The van der Waals surface area contributed by atoms with Gasteiger partial charge in [-0.1, -0.05) is 30.3 Å². The number of nitrogens with zero attached hydrogens (tertiary/aromatic N) is 1. The van der Waals surface area contributed by atoms with Crippen LogP contribution < -0.4 is 0 Å². The van der Waals surface area contributed by atoms with E-state index < -0.39 is 0 Å². The largest absolute Gasteiger partial charge is 0.372 e. The number of halogens is 1. The van der Waals surface area contributed by atoms with Crippen molar-refractivity contribution >= 4 is 43.9 Å². The molecule has 4 heteroatoms. The molecule has 126 valence electrons. The maximum Gasteiger partial charge on any atom is 0.0735 e. The van der Waals surface area contributed by atoms with Gasteiger partial charge >= 0.3 is 0 Å². The molecule has 0 radical (unpaired) electrons. The molecule has 3 aliphatic rings. The van der Waals surface area contributed by atoms with Gasteiger partial charge in [0.2, 0.25) is 0 Å². The summed E-state index contributed by atoms with van der Waals surface area (Å²) in [7, 11) is 0. The minimum absolute atomic E-state index is 0. The van der Waals surface area contributed by atoms with Crippen LogP contribution in [0.4, 0.5) is 0 Å². The van der Waals surface area contributed by atoms with Crippen molar-refractivity contribution in [2.24, 2.45) is 5.92 Å². The van der Waals surface area contributed by atoms with E-state index in [1.165, 1.54) is 51.7 Å². The number of fused-ring (bicyclic) bond motifs is 6. The maximum absolute atomic E-state index is 6.29. The Labute approximate surface area is 152 Å². The van der Waals surface area contributed by atoms with Gasteiger partial charge in [0.15, 0.2) is 0 Å². The Kier molecular flexibility index (Phi) is 4.52. The van der Waals surface area contributed by atoms with Gasteiger partial charge in [0.1, 0.15) is 0 Å². The normalized spacial score (nSPS) is 25.9. The van der Waals surface area contributed by atoms with E-state index in [0.29, 0.717) is 6.10 Å². The fourth-order valence-corrected chi connectivity index (χ4v) is 5.33. The first-order valence-corrected chi connectivity index (χ1v) is 9.42. The molecule has 6 rings (SSSR count). The predicted molar refractivity (Wildman–Crippen MR) is 104 cm³/mol. The van der Waals surface area contributed by atoms with Crippen LogP contribution in [0.5, 0.6) is 0 Å². The molecule has 24 heavy (non-hydrogen) atoms. The summed E-state index contributed by atoms with van der Waals surface area (Å²) in [6.45, 7) is 4.44. The second-order valence-electron chi connectivity index (χ2n) is 6.92. The quantitative estimate of drug-likeness (QED) is 0.646. The molecule has 3 saturated heterocycles. The molecule has 2 aromatic carbocycles. The summed E-state index contributed by atoms with van der Waals surface area (Å²) in [6, 6.07) is 15.5. The van der Waals surface area contributed by atoms with Crippen LogP contribution in [0.3, 0.4) is 0 Å². The van der Waals surface area contributed by atoms with Crippen LogP contribution in [-0.2, 0) is 11.3 Å². The molecule has 1 atom stereocenters. The Bertz CT molecular complexity index is 853. The van der Waals surface area contributed by atoms with Crippen LogP contribution in [0.25, 0.3) is 20.2 Å². The van der Waals surface area contributed by atoms with Gasteiger partial charge in [0.25, 0.3) is 0 Å². The highest BCUT2D eigenvalue weighted by atomic mass is 35.5. The summed E-state index contributed by atoms with van der Waals surface area (Å²) >= 11 is 1.89. The number of rotatable bonds is 3. The number of ether oxygens (including phenoxy) is 1. The van der Waals surface area contributed by atoms with E-state index >= 15 is 0 Å². The van der Waals surface area contributed by atoms with Gasteiger partial charge in [-0.25, -0.2) is 0 Å². The molecule has 2 nitrogen and oxygen atoms in total. The topological polar surface area (TPSA) is 12.5 Å². The Hall–Kier alpha value is -1.13. The third-order valence-electron chi connectivity index (χ3n) is 5.50. The lowest BCUT2D eigenvalue weighted by atomic mass is 9.86. The Morgan fingerprint density at radius 3 is 2.58 bits per heavy atom. The molecule has 4 heterocycles. The zero-order valence-corrected chi connectivity index (χ0v) is 15.2. The van der Waals surface area contributed by atoms with Gasteiger partial charge in [-0.05, 0) is 49.5 Å². The van der Waals surface area contributed by atoms with E-state index in [1.54, 1.807) is 0 Å². The molecule has 3 aromatic rings. The van der Waals surface area contributed by atoms with Gasteiger partial charge in [0.05, 0.1) is 12.7 Å². The van der Waals surface area contributed by atoms with Crippen molar-refractivity contribution in [2.45, 2.75) is 25.6 Å². The van der Waals surface area contributed by atoms with Crippen LogP contribution in [0.15, 0.2) is 42.5 Å². The SMILES string of the molecule is Cl.c1ccc2c(c1)sc1cc(COC3CN4CCC3CC4)ccc12. The molecular formula is C20H22ClNOS. The zero-order chi connectivity index (χ0) is 15.2. The first kappa shape index (κ1) is 16.3. The Morgan fingerprint density at radius 1 is 1.00 bits per heavy atom. The smallest absolute Gasteiger partial charge is 0.0735 e. The lowest BCUT2D eigenvalue weighted by molar-refractivity contribution is -0.0765. The second kappa shape index (κ2) is 6.64. The minimum Gasteiger partial charge on any atom is -0.372 e. The summed E-state index contributed by atoms with van der Waals surface area (Å²) in [5, 5.41) is 2.74. The summed E-state index contributed by atoms with van der Waals surface area (Å²) < 4.78 is 9.04. The molecule has 1 unspecified atom stereocenters. The van der Waals surface area contributed by atoms with Gasteiger partial charge in [-0.15, -0.1) is 23.7 Å². The average Bonchev–Trinajstić information content (AvgIpc) is 2.99. The van der Waals surface area contributed by atoms with Gasteiger partial charge in [0, 0.05) is 26.7 Å². The molecule has 0 saturated carbocycles. The van der Waals surface area contributed by atoms with Crippen LogP contribution in [0.2, 0.25) is 0 Å². The number of piperidine rings is 3. The molecule has 0 spiro atoms. The third-order valence-corrected chi connectivity index (χ3v) is 6.64. The molecule has 3 fully saturated rings. The highest BCUT2D eigenvalue weighted by Crippen LogP contribution is 2.35. The standard InChI is InChI=1S/C20H21NOS.ClH/c1-2-4-19-16(3-1)17-6-5-14(11-20(17)23-19)13-22-18-12-21-9-7-15(18)8-10-21;/h1-6,11,15,18H,7-10,12-13H2;1H. The third kappa shape index (κ3) is 2.84. The monoisotopic (exact) mass is 359 g/mol. The van der Waals surface area contributed by atoms with Gasteiger partial charge in [-0.2, -0.15) is 0 Å². The fraction of sp³-hybridized carbons (Fsp3) is 0.400. The van der Waals surface area contributed by atoms with E-state index in [9.17, 15) is 0 Å². The molecule has 0 N–H and O–H groups in total. The van der Waals surface area contributed by atoms with Crippen molar-refractivity contribution in [1.29, 1.82) is 0 Å². The summed E-state index contributed by atoms with van der Waals surface area (Å²) in [5.41, 5.74) is 1.31. The van der Waals surface area contributed by atoms with Gasteiger partial charge < -0.3 is 9.64 Å². The number of hydrogen-bond donors (Lipinski definition) is 0. The van der Waals surface area contributed by atoms with Crippen molar-refractivity contribution in [2.75, 3.05) is 19.6 Å². The minimum atomic E-state index is 0. The zero-order valence-electron chi connectivity index (χ0n) is 13.6. The molecule has 0 amide bonds. The average molecular weight is 360 g/mol. The predicted octanol–water partition coefficient (Wildman–Crippen LogP) is 5.09. The Balaban J connectivity index is 0.00000146. The van der Waals surface area contributed by atoms with Crippen molar-refractivity contribution in [3.63, 3.8) is 0 Å². The summed E-state index contributed by atoms with van der Waals surface area (Å²) in [4.78, 5) is 2.56. The highest BCUT2D eigenvalue weighted by molar-refractivity contribution is 7.25. The summed E-state index contributed by atoms with van der Waals surface area (Å²) in [5.74, 6) is 0.785. The van der Waals surface area contributed by atoms with E-state index in [0.717, 1.165) is 19.1 Å². The first-order valence-electron chi connectivity index (χ1n) is 8.61. The molecule has 3 aliphatic heterocycles. The van der Waals surface area contributed by atoms with Crippen molar-refractivity contribution in [3.8, 4) is 0 Å². The molecule has 2 bridgehead atoms. The van der Waals surface area contributed by atoms with Crippen molar-refractivity contribution < 1.29 is 4.74 Å². The van der Waals surface area contributed by atoms with Crippen LogP contribution in [0, 0.1) is 5.92 Å². The van der Waals surface area contributed by atoms with E-state index in [1.807, 2.05) is 11.3 Å². The number of benzene rings is 2. The maximum atomic E-state index is 6.29. The first-order chi connectivity index (χ1) is 11.4. The number of hydrogen-bond acceptors (Lipinski definition) is 3. The lowest BCUT2D eigenvalue weighted by Crippen LogP contribution is -2.51. The molecule has 1 aromatic heterocycles. The van der Waals surface area contributed by atoms with Crippen LogP contribution in [0.1, 0.15) is 18.4 Å². The molecule has 0 aliphatic carbocycles. The lowest BCUT2D eigenvalue weighted by Gasteiger charge is -2.44. The number of thiophene rings is 1. The molecular weight excluding hydrogens is 338 g/mol. The fourth-order valence-electron chi connectivity index (χ4n) is 4.16. The second-order valence-corrected chi connectivity index (χ2v) is 8.00. The van der Waals surface area contributed by atoms with Crippen molar-refractivity contribution in [3.05, 3.63) is 48.0 Å². The van der Waals surface area contributed by atoms with Crippen molar-refractivity contribution in [1.82, 2.24) is 4.90 Å². The van der Waals surface area contributed by atoms with Gasteiger partial charge in [-0.3, -0.25) is 0 Å². The van der Waals surface area contributed by atoms with E-state index in [2.05, 4.69) is 47.4 Å². The Morgan fingerprint density at radius 2 is 1.79 bits per heavy atom. The van der Waals surface area contributed by atoms with E-state index in [4.69, 9.17) is 4.74 Å². The van der Waals surface area contributed by atoms with E-state index in [-0.39, 0.29) is 12.4 Å². The van der Waals surface area contributed by atoms with Crippen LogP contribution in [-0.4, -0.2) is 30.6 Å².